The Balaban J connectivity index is 2.55. The fraction of sp³-hybridized carbons (Fsp3) is 0.400. The Labute approximate surface area is 85.5 Å². The van der Waals surface area contributed by atoms with Crippen molar-refractivity contribution >= 4 is 21.7 Å². The molecule has 0 spiro atoms. The van der Waals surface area contributed by atoms with Crippen molar-refractivity contribution in [2.45, 2.75) is 19.8 Å². The number of fused-ring (bicyclic) bond motifs is 1. The molecule has 0 fully saturated rings. The molecule has 0 unspecified atom stereocenters. The van der Waals surface area contributed by atoms with Crippen molar-refractivity contribution < 1.29 is 4.79 Å². The van der Waals surface area contributed by atoms with Crippen LogP contribution in [0.3, 0.4) is 0 Å². The van der Waals surface area contributed by atoms with E-state index in [4.69, 9.17) is 0 Å². The zero-order chi connectivity index (χ0) is 9.42. The van der Waals surface area contributed by atoms with Gasteiger partial charge in [0.15, 0.2) is 5.78 Å². The Morgan fingerprint density at radius 2 is 2.31 bits per heavy atom. The molecule has 0 bridgehead atoms. The van der Waals surface area contributed by atoms with Gasteiger partial charge >= 0.3 is 0 Å². The fourth-order valence-corrected chi connectivity index (χ4v) is 2.22. The van der Waals surface area contributed by atoms with Crippen LogP contribution in [0.5, 0.6) is 0 Å². The highest BCUT2D eigenvalue weighted by Crippen LogP contribution is 2.29. The van der Waals surface area contributed by atoms with Gasteiger partial charge in [-0.15, -0.1) is 0 Å². The zero-order valence-corrected chi connectivity index (χ0v) is 8.97. The molecule has 1 aliphatic carbocycles. The molecule has 0 saturated heterocycles. The summed E-state index contributed by atoms with van der Waals surface area (Å²) in [5, 5.41) is 0. The van der Waals surface area contributed by atoms with E-state index >= 15 is 0 Å². The third-order valence-electron chi connectivity index (χ3n) is 2.55. The Bertz CT molecular complexity index is 362. The minimum atomic E-state index is 0.156. The van der Waals surface area contributed by atoms with Crippen molar-refractivity contribution in [1.82, 2.24) is 4.98 Å². The van der Waals surface area contributed by atoms with Crippen molar-refractivity contribution in [3.05, 3.63) is 28.0 Å². The minimum Gasteiger partial charge on any atom is -0.294 e. The monoisotopic (exact) mass is 239 g/mol. The van der Waals surface area contributed by atoms with Crippen LogP contribution in [0.15, 0.2) is 16.9 Å². The van der Waals surface area contributed by atoms with E-state index in [1.807, 2.05) is 6.92 Å². The lowest BCUT2D eigenvalue weighted by molar-refractivity contribution is 0.0913. The predicted octanol–water partition coefficient (Wildman–Crippen LogP) is 2.61. The summed E-state index contributed by atoms with van der Waals surface area (Å²) in [5.74, 6) is 0.388. The number of rotatable bonds is 0. The molecule has 1 aromatic heterocycles. The zero-order valence-electron chi connectivity index (χ0n) is 7.38. The molecule has 0 aromatic carbocycles. The third-order valence-corrected chi connectivity index (χ3v) is 3.23. The number of aromatic nitrogens is 1. The number of hydrogen-bond donors (Lipinski definition) is 0. The van der Waals surface area contributed by atoms with Crippen molar-refractivity contribution in [3.63, 3.8) is 0 Å². The number of ketones is 1. The second-order valence-corrected chi connectivity index (χ2v) is 4.31. The van der Waals surface area contributed by atoms with E-state index in [1.165, 1.54) is 0 Å². The first-order valence-corrected chi connectivity index (χ1v) is 5.16. The molecule has 2 rings (SSSR count). The van der Waals surface area contributed by atoms with Gasteiger partial charge in [-0.1, -0.05) is 6.92 Å². The molecule has 0 amide bonds. The van der Waals surface area contributed by atoms with Crippen LogP contribution in [-0.4, -0.2) is 10.8 Å². The van der Waals surface area contributed by atoms with Crippen LogP contribution in [0.2, 0.25) is 0 Å². The molecule has 1 aliphatic rings. The standard InChI is InChI=1S/C10H10BrNO/c1-6-2-3-7-8(10(6)13)4-12-5-9(7)11/h4-6H,2-3H2,1H3/t6-/m0/s1. The van der Waals surface area contributed by atoms with Crippen molar-refractivity contribution in [2.24, 2.45) is 5.92 Å². The molecule has 0 radical (unpaired) electrons. The number of halogens is 1. The topological polar surface area (TPSA) is 30.0 Å². The fourth-order valence-electron chi connectivity index (χ4n) is 1.69. The maximum absolute atomic E-state index is 11.7. The second kappa shape index (κ2) is 3.22. The molecule has 1 aromatic rings. The number of Topliss-reactive ketones (excluding diaryl/α,β-unsaturated/α-hetero) is 1. The Morgan fingerprint density at radius 1 is 1.54 bits per heavy atom. The predicted molar refractivity (Wildman–Crippen MR) is 53.8 cm³/mol. The van der Waals surface area contributed by atoms with E-state index < -0.39 is 0 Å². The number of carbonyl (C=O) groups is 1. The van der Waals surface area contributed by atoms with Crippen molar-refractivity contribution in [1.29, 1.82) is 0 Å². The number of pyridine rings is 1. The van der Waals surface area contributed by atoms with Crippen LogP contribution in [0.1, 0.15) is 29.3 Å². The highest BCUT2D eigenvalue weighted by atomic mass is 79.9. The average Bonchev–Trinajstić information content (AvgIpc) is 2.12. The van der Waals surface area contributed by atoms with Crippen molar-refractivity contribution in [2.75, 3.05) is 0 Å². The van der Waals surface area contributed by atoms with Crippen LogP contribution in [-0.2, 0) is 6.42 Å². The lowest BCUT2D eigenvalue weighted by Gasteiger charge is -2.20. The quantitative estimate of drug-likeness (QED) is 0.697. The summed E-state index contributed by atoms with van der Waals surface area (Å²) in [6.45, 7) is 1.98. The molecule has 0 saturated carbocycles. The van der Waals surface area contributed by atoms with Crippen molar-refractivity contribution in [3.8, 4) is 0 Å². The number of hydrogen-bond acceptors (Lipinski definition) is 2. The number of carbonyl (C=O) groups excluding carboxylic acids is 1. The van der Waals surface area contributed by atoms with Gasteiger partial charge in [0.25, 0.3) is 0 Å². The highest BCUT2D eigenvalue weighted by Gasteiger charge is 2.25. The maximum Gasteiger partial charge on any atom is 0.167 e. The molecular formula is C10H10BrNO. The molecule has 13 heavy (non-hydrogen) atoms. The molecule has 0 aliphatic heterocycles. The summed E-state index contributed by atoms with van der Waals surface area (Å²) >= 11 is 3.41. The van der Waals surface area contributed by atoms with Gasteiger partial charge in [-0.2, -0.15) is 0 Å². The molecule has 1 heterocycles. The minimum absolute atomic E-state index is 0.156. The average molecular weight is 240 g/mol. The van der Waals surface area contributed by atoms with Gasteiger partial charge < -0.3 is 0 Å². The molecular weight excluding hydrogens is 230 g/mol. The van der Waals surface area contributed by atoms with E-state index in [-0.39, 0.29) is 11.7 Å². The smallest absolute Gasteiger partial charge is 0.167 e. The maximum atomic E-state index is 11.7. The summed E-state index contributed by atoms with van der Waals surface area (Å²) in [7, 11) is 0. The largest absolute Gasteiger partial charge is 0.294 e. The summed E-state index contributed by atoms with van der Waals surface area (Å²) in [6.07, 6.45) is 5.36. The second-order valence-electron chi connectivity index (χ2n) is 3.45. The van der Waals surface area contributed by atoms with Gasteiger partial charge in [-0.05, 0) is 34.3 Å². The SMILES string of the molecule is C[C@H]1CCc2c(Br)cncc2C1=O. The summed E-state index contributed by atoms with van der Waals surface area (Å²) in [5.41, 5.74) is 1.92. The van der Waals surface area contributed by atoms with E-state index in [9.17, 15) is 4.79 Å². The highest BCUT2D eigenvalue weighted by molar-refractivity contribution is 9.10. The first-order chi connectivity index (χ1) is 6.20. The number of nitrogens with zero attached hydrogens (tertiary/aromatic N) is 1. The first kappa shape index (κ1) is 8.88. The Hall–Kier alpha value is -0.700. The van der Waals surface area contributed by atoms with Gasteiger partial charge in [0.1, 0.15) is 0 Å². The van der Waals surface area contributed by atoms with E-state index in [0.29, 0.717) is 0 Å². The Morgan fingerprint density at radius 3 is 3.08 bits per heavy atom. The van der Waals surface area contributed by atoms with E-state index in [0.717, 1.165) is 28.4 Å². The summed E-state index contributed by atoms with van der Waals surface area (Å²) < 4.78 is 0.963. The van der Waals surface area contributed by atoms with Crippen LogP contribution < -0.4 is 0 Å². The molecule has 2 nitrogen and oxygen atoms in total. The van der Waals surface area contributed by atoms with Crippen LogP contribution in [0, 0.1) is 5.92 Å². The summed E-state index contributed by atoms with van der Waals surface area (Å²) in [6, 6.07) is 0. The van der Waals surface area contributed by atoms with Gasteiger partial charge in [0.2, 0.25) is 0 Å². The molecule has 1 atom stereocenters. The first-order valence-electron chi connectivity index (χ1n) is 4.36. The molecule has 0 N–H and O–H groups in total. The van der Waals surface area contributed by atoms with Gasteiger partial charge in [-0.3, -0.25) is 9.78 Å². The van der Waals surface area contributed by atoms with Crippen LogP contribution in [0.4, 0.5) is 0 Å². The molecule has 68 valence electrons. The van der Waals surface area contributed by atoms with Gasteiger partial charge in [-0.25, -0.2) is 0 Å². The lowest BCUT2D eigenvalue weighted by atomic mass is 9.85. The van der Waals surface area contributed by atoms with Crippen LogP contribution >= 0.6 is 15.9 Å². The lowest BCUT2D eigenvalue weighted by Crippen LogP contribution is -2.20. The molecule has 3 heteroatoms. The van der Waals surface area contributed by atoms with E-state index in [1.54, 1.807) is 12.4 Å². The van der Waals surface area contributed by atoms with E-state index in [2.05, 4.69) is 20.9 Å². The Kier molecular flexibility index (Phi) is 2.20. The third kappa shape index (κ3) is 1.41. The van der Waals surface area contributed by atoms with Gasteiger partial charge in [0.05, 0.1) is 0 Å². The summed E-state index contributed by atoms with van der Waals surface area (Å²) in [4.78, 5) is 15.7. The normalized spacial score (nSPS) is 21.4. The van der Waals surface area contributed by atoms with Gasteiger partial charge in [0, 0.05) is 28.3 Å². The van der Waals surface area contributed by atoms with Crippen LogP contribution in [0.25, 0.3) is 0 Å².